The molecular weight excluding hydrogens is 186 g/mol. The van der Waals surface area contributed by atoms with Gasteiger partial charge >= 0.3 is 0 Å². The second kappa shape index (κ2) is 4.44. The lowest BCUT2D eigenvalue weighted by Gasteiger charge is -1.92. The average molecular weight is 200 g/mol. The third-order valence-corrected chi connectivity index (χ3v) is 2.25. The summed E-state index contributed by atoms with van der Waals surface area (Å²) >= 11 is 6.02. The summed E-state index contributed by atoms with van der Waals surface area (Å²) in [6.45, 7) is 2.79. The van der Waals surface area contributed by atoms with Crippen LogP contribution in [0.3, 0.4) is 0 Å². The predicted octanol–water partition coefficient (Wildman–Crippen LogP) is 1.61. The Balaban J connectivity index is 2.87. The molecule has 0 saturated heterocycles. The van der Waals surface area contributed by atoms with Crippen LogP contribution >= 0.6 is 11.6 Å². The number of likely N-dealkylation sites (N-methyl/N-ethyl adjacent to an activating group) is 1. The van der Waals surface area contributed by atoms with Gasteiger partial charge in [0.25, 0.3) is 0 Å². The normalized spacial score (nSPS) is 11.4. The number of rotatable bonds is 3. The predicted molar refractivity (Wildman–Crippen MR) is 55.9 cm³/mol. The standard InChI is InChI=1S/C9H14ClN3/c1-7-8(5-4-6-11-2)9(10)13(3)12-7/h4-5,11H,6H2,1-3H3. The number of aromatic nitrogens is 2. The molecule has 1 aromatic rings. The first-order valence-electron chi connectivity index (χ1n) is 4.17. The van der Waals surface area contributed by atoms with Crippen LogP contribution in [-0.2, 0) is 7.05 Å². The van der Waals surface area contributed by atoms with Crippen molar-refractivity contribution in [2.45, 2.75) is 6.92 Å². The van der Waals surface area contributed by atoms with E-state index in [1.165, 1.54) is 0 Å². The second-order valence-corrected chi connectivity index (χ2v) is 3.23. The van der Waals surface area contributed by atoms with E-state index in [1.54, 1.807) is 4.68 Å². The molecule has 0 aliphatic heterocycles. The molecule has 0 aliphatic rings. The Labute approximate surface area is 83.4 Å². The molecule has 1 rings (SSSR count). The van der Waals surface area contributed by atoms with Crippen LogP contribution in [0.25, 0.3) is 6.08 Å². The highest BCUT2D eigenvalue weighted by atomic mass is 35.5. The highest BCUT2D eigenvalue weighted by molar-refractivity contribution is 6.31. The molecule has 0 unspecified atom stereocenters. The summed E-state index contributed by atoms with van der Waals surface area (Å²) in [5.41, 5.74) is 1.96. The van der Waals surface area contributed by atoms with Gasteiger partial charge < -0.3 is 5.32 Å². The number of halogens is 1. The molecule has 0 aliphatic carbocycles. The maximum Gasteiger partial charge on any atom is 0.134 e. The van der Waals surface area contributed by atoms with Crippen molar-refractivity contribution in [1.29, 1.82) is 0 Å². The number of hydrogen-bond acceptors (Lipinski definition) is 2. The highest BCUT2D eigenvalue weighted by Crippen LogP contribution is 2.19. The summed E-state index contributed by atoms with van der Waals surface area (Å²) < 4.78 is 1.68. The summed E-state index contributed by atoms with van der Waals surface area (Å²) in [4.78, 5) is 0. The first-order valence-corrected chi connectivity index (χ1v) is 4.55. The van der Waals surface area contributed by atoms with Gasteiger partial charge in [0.05, 0.1) is 5.69 Å². The topological polar surface area (TPSA) is 29.9 Å². The molecular formula is C9H14ClN3. The fourth-order valence-corrected chi connectivity index (χ4v) is 1.37. The molecule has 0 atom stereocenters. The molecule has 0 spiro atoms. The van der Waals surface area contributed by atoms with Crippen molar-refractivity contribution in [1.82, 2.24) is 15.1 Å². The third-order valence-electron chi connectivity index (χ3n) is 1.80. The van der Waals surface area contributed by atoms with E-state index in [4.69, 9.17) is 11.6 Å². The van der Waals surface area contributed by atoms with E-state index in [-0.39, 0.29) is 0 Å². The monoisotopic (exact) mass is 199 g/mol. The molecule has 1 heterocycles. The van der Waals surface area contributed by atoms with Crippen LogP contribution in [0.5, 0.6) is 0 Å². The van der Waals surface area contributed by atoms with E-state index < -0.39 is 0 Å². The number of nitrogens with one attached hydrogen (secondary N) is 1. The minimum absolute atomic E-state index is 0.685. The van der Waals surface area contributed by atoms with Crippen LogP contribution in [0.4, 0.5) is 0 Å². The molecule has 0 amide bonds. The lowest BCUT2D eigenvalue weighted by Crippen LogP contribution is -2.03. The average Bonchev–Trinajstić information content (AvgIpc) is 2.32. The molecule has 0 fully saturated rings. The zero-order valence-electron chi connectivity index (χ0n) is 8.13. The Morgan fingerprint density at radius 2 is 2.31 bits per heavy atom. The zero-order chi connectivity index (χ0) is 9.84. The SMILES string of the molecule is CNCC=Cc1c(C)nn(C)c1Cl. The van der Waals surface area contributed by atoms with Crippen LogP contribution in [0, 0.1) is 6.92 Å². The summed E-state index contributed by atoms with van der Waals surface area (Å²) in [6, 6.07) is 0. The van der Waals surface area contributed by atoms with E-state index >= 15 is 0 Å². The van der Waals surface area contributed by atoms with Crippen molar-refractivity contribution in [2.75, 3.05) is 13.6 Å². The largest absolute Gasteiger partial charge is 0.316 e. The third kappa shape index (κ3) is 2.32. The smallest absolute Gasteiger partial charge is 0.134 e. The molecule has 1 aromatic heterocycles. The Bertz CT molecular complexity index is 315. The molecule has 13 heavy (non-hydrogen) atoms. The van der Waals surface area contributed by atoms with Crippen molar-refractivity contribution in [3.63, 3.8) is 0 Å². The quantitative estimate of drug-likeness (QED) is 0.802. The molecule has 0 saturated carbocycles. The van der Waals surface area contributed by atoms with Gasteiger partial charge in [-0.3, -0.25) is 4.68 Å². The first kappa shape index (κ1) is 10.3. The van der Waals surface area contributed by atoms with Crippen molar-refractivity contribution >= 4 is 17.7 Å². The second-order valence-electron chi connectivity index (χ2n) is 2.87. The maximum atomic E-state index is 6.02. The fourth-order valence-electron chi connectivity index (χ4n) is 1.13. The summed E-state index contributed by atoms with van der Waals surface area (Å²) in [6.07, 6.45) is 4.01. The van der Waals surface area contributed by atoms with E-state index in [9.17, 15) is 0 Å². The van der Waals surface area contributed by atoms with Crippen molar-refractivity contribution in [3.8, 4) is 0 Å². The molecule has 3 nitrogen and oxygen atoms in total. The van der Waals surface area contributed by atoms with Crippen LogP contribution in [0.2, 0.25) is 5.15 Å². The molecule has 0 radical (unpaired) electrons. The van der Waals surface area contributed by atoms with Gasteiger partial charge in [-0.15, -0.1) is 0 Å². The molecule has 72 valence electrons. The fraction of sp³-hybridized carbons (Fsp3) is 0.444. The van der Waals surface area contributed by atoms with Gasteiger partial charge in [0.2, 0.25) is 0 Å². The van der Waals surface area contributed by atoms with Gasteiger partial charge in [-0.05, 0) is 14.0 Å². The Kier molecular flexibility index (Phi) is 3.51. The van der Waals surface area contributed by atoms with Crippen LogP contribution in [0.15, 0.2) is 6.08 Å². The highest BCUT2D eigenvalue weighted by Gasteiger charge is 2.06. The Hall–Kier alpha value is -0.800. The first-order chi connectivity index (χ1) is 6.16. The van der Waals surface area contributed by atoms with Crippen LogP contribution < -0.4 is 5.32 Å². The summed E-state index contributed by atoms with van der Waals surface area (Å²) in [7, 11) is 3.74. The molecule has 4 heteroatoms. The van der Waals surface area contributed by atoms with E-state index in [1.807, 2.05) is 33.2 Å². The summed E-state index contributed by atoms with van der Waals surface area (Å²) in [5.74, 6) is 0. The number of aryl methyl sites for hydroxylation is 2. The van der Waals surface area contributed by atoms with Crippen molar-refractivity contribution < 1.29 is 0 Å². The van der Waals surface area contributed by atoms with Crippen molar-refractivity contribution in [3.05, 3.63) is 22.5 Å². The van der Waals surface area contributed by atoms with Gasteiger partial charge in [0.15, 0.2) is 0 Å². The molecule has 0 aromatic carbocycles. The van der Waals surface area contributed by atoms with Crippen molar-refractivity contribution in [2.24, 2.45) is 7.05 Å². The lowest BCUT2D eigenvalue weighted by atomic mass is 10.2. The summed E-state index contributed by atoms with van der Waals surface area (Å²) in [5, 5.41) is 7.91. The molecule has 0 bridgehead atoms. The minimum atomic E-state index is 0.685. The number of hydrogen-bond donors (Lipinski definition) is 1. The lowest BCUT2D eigenvalue weighted by molar-refractivity contribution is 0.757. The van der Waals surface area contributed by atoms with Gasteiger partial charge in [-0.1, -0.05) is 23.8 Å². The van der Waals surface area contributed by atoms with Gasteiger partial charge in [0, 0.05) is 19.2 Å². The van der Waals surface area contributed by atoms with Gasteiger partial charge in [-0.25, -0.2) is 0 Å². The van der Waals surface area contributed by atoms with Crippen LogP contribution in [-0.4, -0.2) is 23.4 Å². The molecule has 1 N–H and O–H groups in total. The maximum absolute atomic E-state index is 6.02. The number of nitrogens with zero attached hydrogens (tertiary/aromatic N) is 2. The van der Waals surface area contributed by atoms with E-state index in [0.717, 1.165) is 17.8 Å². The van der Waals surface area contributed by atoms with Gasteiger partial charge in [-0.2, -0.15) is 5.10 Å². The minimum Gasteiger partial charge on any atom is -0.316 e. The van der Waals surface area contributed by atoms with E-state index in [0.29, 0.717) is 5.15 Å². The zero-order valence-corrected chi connectivity index (χ0v) is 8.89. The van der Waals surface area contributed by atoms with Crippen LogP contribution in [0.1, 0.15) is 11.3 Å². The van der Waals surface area contributed by atoms with E-state index in [2.05, 4.69) is 10.4 Å². The Morgan fingerprint density at radius 1 is 1.62 bits per heavy atom. The Morgan fingerprint density at radius 3 is 2.77 bits per heavy atom. The van der Waals surface area contributed by atoms with Gasteiger partial charge in [0.1, 0.15) is 5.15 Å².